The van der Waals surface area contributed by atoms with Crippen LogP contribution in [0.5, 0.6) is 0 Å². The number of fused-ring (bicyclic) bond motifs is 1. The third-order valence-electron chi connectivity index (χ3n) is 4.35. The number of guanidine groups is 1. The summed E-state index contributed by atoms with van der Waals surface area (Å²) >= 11 is 0. The Hall–Kier alpha value is -1.63. The first-order valence-corrected chi connectivity index (χ1v) is 8.38. The van der Waals surface area contributed by atoms with E-state index in [-0.39, 0.29) is 0 Å². The van der Waals surface area contributed by atoms with Gasteiger partial charge in [-0.3, -0.25) is 4.99 Å². The van der Waals surface area contributed by atoms with E-state index in [0.717, 1.165) is 70.3 Å². The summed E-state index contributed by atoms with van der Waals surface area (Å²) in [6.07, 6.45) is 6.72. The van der Waals surface area contributed by atoms with Gasteiger partial charge in [0.15, 0.2) is 5.96 Å². The molecule has 0 atom stereocenters. The van der Waals surface area contributed by atoms with Crippen molar-refractivity contribution in [2.75, 3.05) is 32.8 Å². The van der Waals surface area contributed by atoms with Gasteiger partial charge in [-0.2, -0.15) is 0 Å². The molecule has 0 bridgehead atoms. The second-order valence-corrected chi connectivity index (χ2v) is 5.94. The van der Waals surface area contributed by atoms with Crippen LogP contribution in [0.2, 0.25) is 0 Å². The molecule has 0 saturated carbocycles. The SMILES string of the molecule is NC(=NCCCc1nnc2n1CCCCC2)N1CCOCC1. The quantitative estimate of drug-likeness (QED) is 0.500. The molecule has 0 amide bonds. The van der Waals surface area contributed by atoms with Crippen LogP contribution in [-0.2, 0) is 24.1 Å². The maximum atomic E-state index is 6.03. The van der Waals surface area contributed by atoms with Gasteiger partial charge in [0, 0.05) is 39.0 Å². The standard InChI is InChI=1S/C15H26N6O/c16-15(20-9-11-22-12-10-20)17-7-4-6-14-19-18-13-5-2-1-3-8-21(13)14/h1-12H2,(H2,16,17). The molecule has 7 nitrogen and oxygen atoms in total. The Morgan fingerprint density at radius 3 is 2.86 bits per heavy atom. The van der Waals surface area contributed by atoms with Gasteiger partial charge < -0.3 is 19.9 Å². The molecule has 0 spiro atoms. The van der Waals surface area contributed by atoms with Crippen molar-refractivity contribution in [2.45, 2.75) is 45.1 Å². The molecule has 1 aromatic heterocycles. The van der Waals surface area contributed by atoms with E-state index in [1.807, 2.05) is 0 Å². The van der Waals surface area contributed by atoms with E-state index < -0.39 is 0 Å². The minimum atomic E-state index is 0.642. The Balaban J connectivity index is 1.48. The van der Waals surface area contributed by atoms with Crippen LogP contribution in [0.15, 0.2) is 4.99 Å². The summed E-state index contributed by atoms with van der Waals surface area (Å²) in [4.78, 5) is 6.58. The van der Waals surface area contributed by atoms with Gasteiger partial charge in [-0.1, -0.05) is 6.42 Å². The second kappa shape index (κ2) is 7.58. The monoisotopic (exact) mass is 306 g/mol. The van der Waals surface area contributed by atoms with Crippen molar-refractivity contribution < 1.29 is 4.74 Å². The molecule has 0 aliphatic carbocycles. The van der Waals surface area contributed by atoms with Crippen molar-refractivity contribution >= 4 is 5.96 Å². The number of ether oxygens (including phenoxy) is 1. The molecule has 2 aliphatic heterocycles. The van der Waals surface area contributed by atoms with Gasteiger partial charge in [-0.15, -0.1) is 10.2 Å². The summed E-state index contributed by atoms with van der Waals surface area (Å²) in [5.74, 6) is 2.91. The fraction of sp³-hybridized carbons (Fsp3) is 0.800. The molecule has 7 heteroatoms. The minimum absolute atomic E-state index is 0.642. The van der Waals surface area contributed by atoms with E-state index in [2.05, 4.69) is 24.7 Å². The molecule has 2 N–H and O–H groups in total. The Morgan fingerprint density at radius 2 is 2.00 bits per heavy atom. The van der Waals surface area contributed by atoms with E-state index in [9.17, 15) is 0 Å². The summed E-state index contributed by atoms with van der Waals surface area (Å²) in [5, 5.41) is 8.69. The van der Waals surface area contributed by atoms with Crippen LogP contribution in [0.1, 0.15) is 37.3 Å². The fourth-order valence-corrected chi connectivity index (χ4v) is 3.05. The summed E-state index contributed by atoms with van der Waals surface area (Å²) < 4.78 is 7.62. The van der Waals surface area contributed by atoms with Crippen LogP contribution in [0.3, 0.4) is 0 Å². The Morgan fingerprint density at radius 1 is 1.14 bits per heavy atom. The highest BCUT2D eigenvalue weighted by atomic mass is 16.5. The zero-order valence-electron chi connectivity index (χ0n) is 13.2. The normalized spacial score (nSPS) is 19.8. The number of nitrogens with zero attached hydrogens (tertiary/aromatic N) is 5. The fourth-order valence-electron chi connectivity index (χ4n) is 3.05. The molecular weight excluding hydrogens is 280 g/mol. The van der Waals surface area contributed by atoms with Gasteiger partial charge >= 0.3 is 0 Å². The highest BCUT2D eigenvalue weighted by Gasteiger charge is 2.14. The first kappa shape index (κ1) is 15.3. The highest BCUT2D eigenvalue weighted by Crippen LogP contribution is 2.15. The van der Waals surface area contributed by atoms with Crippen LogP contribution in [0, 0.1) is 0 Å². The number of aromatic nitrogens is 3. The van der Waals surface area contributed by atoms with Crippen LogP contribution >= 0.6 is 0 Å². The van der Waals surface area contributed by atoms with E-state index in [1.165, 1.54) is 19.3 Å². The van der Waals surface area contributed by atoms with Crippen molar-refractivity contribution in [2.24, 2.45) is 10.7 Å². The van der Waals surface area contributed by atoms with Gasteiger partial charge in [-0.05, 0) is 19.3 Å². The number of aryl methyl sites for hydroxylation is 2. The maximum Gasteiger partial charge on any atom is 0.191 e. The summed E-state index contributed by atoms with van der Waals surface area (Å²) in [5.41, 5.74) is 6.03. The lowest BCUT2D eigenvalue weighted by atomic mass is 10.2. The van der Waals surface area contributed by atoms with Gasteiger partial charge in [0.1, 0.15) is 11.6 Å². The predicted octanol–water partition coefficient (Wildman–Crippen LogP) is 0.584. The highest BCUT2D eigenvalue weighted by molar-refractivity contribution is 5.78. The van der Waals surface area contributed by atoms with Gasteiger partial charge in [-0.25, -0.2) is 0 Å². The Bertz CT molecular complexity index is 506. The van der Waals surface area contributed by atoms with Crippen molar-refractivity contribution in [1.29, 1.82) is 0 Å². The summed E-state index contributed by atoms with van der Waals surface area (Å²) in [6.45, 7) is 4.96. The van der Waals surface area contributed by atoms with E-state index in [1.54, 1.807) is 0 Å². The molecule has 0 aromatic carbocycles. The van der Waals surface area contributed by atoms with E-state index in [4.69, 9.17) is 10.5 Å². The average Bonchev–Trinajstić information content (AvgIpc) is 2.79. The lowest BCUT2D eigenvalue weighted by molar-refractivity contribution is 0.0674. The number of hydrogen-bond acceptors (Lipinski definition) is 4. The molecule has 2 aliphatic rings. The molecule has 3 rings (SSSR count). The average molecular weight is 306 g/mol. The lowest BCUT2D eigenvalue weighted by Crippen LogP contribution is -2.44. The molecule has 1 fully saturated rings. The first-order chi connectivity index (χ1) is 10.8. The zero-order chi connectivity index (χ0) is 15.2. The third kappa shape index (κ3) is 3.76. The predicted molar refractivity (Wildman–Crippen MR) is 84.8 cm³/mol. The van der Waals surface area contributed by atoms with Crippen LogP contribution in [0.4, 0.5) is 0 Å². The largest absolute Gasteiger partial charge is 0.378 e. The molecule has 0 unspecified atom stereocenters. The van der Waals surface area contributed by atoms with Crippen molar-refractivity contribution in [3.8, 4) is 0 Å². The van der Waals surface area contributed by atoms with Crippen molar-refractivity contribution in [3.05, 3.63) is 11.6 Å². The second-order valence-electron chi connectivity index (χ2n) is 5.94. The number of hydrogen-bond donors (Lipinski definition) is 1. The molecule has 122 valence electrons. The van der Waals surface area contributed by atoms with Crippen molar-refractivity contribution in [1.82, 2.24) is 19.7 Å². The lowest BCUT2D eigenvalue weighted by Gasteiger charge is -2.27. The molecule has 22 heavy (non-hydrogen) atoms. The van der Waals surface area contributed by atoms with Crippen LogP contribution in [0.25, 0.3) is 0 Å². The summed E-state index contributed by atoms with van der Waals surface area (Å²) in [6, 6.07) is 0. The van der Waals surface area contributed by atoms with Gasteiger partial charge in [0.05, 0.1) is 13.2 Å². The van der Waals surface area contributed by atoms with E-state index >= 15 is 0 Å². The Labute approximate surface area is 131 Å². The molecule has 1 aromatic rings. The third-order valence-corrected chi connectivity index (χ3v) is 4.35. The molecule has 0 radical (unpaired) electrons. The van der Waals surface area contributed by atoms with E-state index in [0.29, 0.717) is 5.96 Å². The minimum Gasteiger partial charge on any atom is -0.378 e. The smallest absolute Gasteiger partial charge is 0.191 e. The van der Waals surface area contributed by atoms with Gasteiger partial charge in [0.25, 0.3) is 0 Å². The Kier molecular flexibility index (Phi) is 5.26. The molecule has 3 heterocycles. The van der Waals surface area contributed by atoms with Gasteiger partial charge in [0.2, 0.25) is 0 Å². The number of aliphatic imine (C=N–C) groups is 1. The van der Waals surface area contributed by atoms with Crippen LogP contribution in [-0.4, -0.2) is 58.5 Å². The molecule has 1 saturated heterocycles. The first-order valence-electron chi connectivity index (χ1n) is 8.38. The molecular formula is C15H26N6O. The van der Waals surface area contributed by atoms with Crippen LogP contribution < -0.4 is 5.73 Å². The number of rotatable bonds is 4. The number of nitrogens with two attached hydrogens (primary N) is 1. The zero-order valence-corrected chi connectivity index (χ0v) is 13.2. The topological polar surface area (TPSA) is 81.6 Å². The number of morpholine rings is 1. The maximum absolute atomic E-state index is 6.03. The summed E-state index contributed by atoms with van der Waals surface area (Å²) in [7, 11) is 0. The van der Waals surface area contributed by atoms with Crippen molar-refractivity contribution in [3.63, 3.8) is 0 Å².